The number of fused-ring (bicyclic) bond motifs is 5. The molecule has 2 unspecified atom stereocenters. The van der Waals surface area contributed by atoms with E-state index in [4.69, 9.17) is 11.6 Å². The number of aromatic nitrogens is 2. The van der Waals surface area contributed by atoms with Crippen LogP contribution in [0.1, 0.15) is 69.7 Å². The standard InChI is InChI=1S/C36H37ClF2N4O3/c1-7-28(45)41-17-21-11-12-23-33(42(21)16-20(41)6)24-15-25(37)29(30-26(38)9-8-10-27(30)44)31(39)34(24)43(36(23)46)35-22(18(2)3)13-14-40-32(35)19(4)5/h7-10,13-15,18-21,44H,1,11-12,16-17H2,2-6H3. The Balaban J connectivity index is 1.77. The molecule has 0 bridgehead atoms. The van der Waals surface area contributed by atoms with Gasteiger partial charge in [-0.1, -0.05) is 51.9 Å². The van der Waals surface area contributed by atoms with E-state index >= 15 is 8.78 Å². The summed E-state index contributed by atoms with van der Waals surface area (Å²) in [6, 6.07) is 6.80. The number of nitrogens with zero attached hydrogens (tertiary/aromatic N) is 4. The van der Waals surface area contributed by atoms with Crippen LogP contribution in [0.15, 0.2) is 54.0 Å². The number of benzene rings is 2. The Bertz CT molecular complexity index is 1930. The molecule has 2 aromatic carbocycles. The van der Waals surface area contributed by atoms with E-state index in [0.29, 0.717) is 53.9 Å². The van der Waals surface area contributed by atoms with E-state index in [-0.39, 0.29) is 57.1 Å². The minimum Gasteiger partial charge on any atom is -0.507 e. The zero-order valence-electron chi connectivity index (χ0n) is 26.6. The number of aromatic hydroxyl groups is 1. The smallest absolute Gasteiger partial charge is 0.261 e. The highest BCUT2D eigenvalue weighted by molar-refractivity contribution is 6.34. The number of halogens is 3. The predicted molar refractivity (Wildman–Crippen MR) is 178 cm³/mol. The van der Waals surface area contributed by atoms with Crippen molar-refractivity contribution in [1.29, 1.82) is 0 Å². The normalized spacial score (nSPS) is 17.9. The lowest BCUT2D eigenvalue weighted by atomic mass is 9.89. The number of piperazine rings is 1. The van der Waals surface area contributed by atoms with Gasteiger partial charge in [0.05, 0.1) is 33.2 Å². The molecule has 1 fully saturated rings. The van der Waals surface area contributed by atoms with Crippen LogP contribution < -0.4 is 10.5 Å². The number of pyridine rings is 2. The minimum atomic E-state index is -0.924. The average molecular weight is 647 g/mol. The van der Waals surface area contributed by atoms with Crippen LogP contribution in [0.2, 0.25) is 5.02 Å². The second kappa shape index (κ2) is 11.8. The number of amides is 1. The van der Waals surface area contributed by atoms with Gasteiger partial charge in [-0.15, -0.1) is 0 Å². The molecule has 240 valence electrons. The lowest BCUT2D eigenvalue weighted by Crippen LogP contribution is -2.60. The molecule has 2 aliphatic heterocycles. The molecule has 7 nitrogen and oxygen atoms in total. The maximum atomic E-state index is 17.4. The Labute approximate surface area is 271 Å². The third-order valence-corrected chi connectivity index (χ3v) is 9.65. The van der Waals surface area contributed by atoms with E-state index < -0.39 is 17.4 Å². The first kappa shape index (κ1) is 31.7. The first-order valence-corrected chi connectivity index (χ1v) is 16.0. The van der Waals surface area contributed by atoms with E-state index in [2.05, 4.69) is 16.5 Å². The van der Waals surface area contributed by atoms with Gasteiger partial charge in [-0.3, -0.25) is 19.1 Å². The van der Waals surface area contributed by atoms with Crippen molar-refractivity contribution in [2.24, 2.45) is 0 Å². The molecule has 1 amide bonds. The number of anilines is 1. The van der Waals surface area contributed by atoms with E-state index in [1.54, 1.807) is 17.2 Å². The van der Waals surface area contributed by atoms with Gasteiger partial charge in [0.25, 0.3) is 5.56 Å². The van der Waals surface area contributed by atoms with Crippen LogP contribution in [0, 0.1) is 11.6 Å². The summed E-state index contributed by atoms with van der Waals surface area (Å²) in [7, 11) is 0. The molecule has 0 spiro atoms. The Morgan fingerprint density at radius 3 is 2.50 bits per heavy atom. The van der Waals surface area contributed by atoms with Crippen LogP contribution in [-0.2, 0) is 11.2 Å². The molecular weight excluding hydrogens is 610 g/mol. The summed E-state index contributed by atoms with van der Waals surface area (Å²) in [5.74, 6) is -2.57. The maximum Gasteiger partial charge on any atom is 0.261 e. The molecule has 1 saturated heterocycles. The zero-order chi connectivity index (χ0) is 33.2. The van der Waals surface area contributed by atoms with Gasteiger partial charge in [-0.25, -0.2) is 8.78 Å². The highest BCUT2D eigenvalue weighted by Crippen LogP contribution is 2.46. The largest absolute Gasteiger partial charge is 0.507 e. The predicted octanol–water partition coefficient (Wildman–Crippen LogP) is 7.47. The van der Waals surface area contributed by atoms with Gasteiger partial charge in [0.1, 0.15) is 11.6 Å². The maximum absolute atomic E-state index is 17.4. The van der Waals surface area contributed by atoms with Gasteiger partial charge >= 0.3 is 0 Å². The van der Waals surface area contributed by atoms with Gasteiger partial charge in [0, 0.05) is 47.9 Å². The fraction of sp³-hybridized carbons (Fsp3) is 0.361. The van der Waals surface area contributed by atoms with Crippen molar-refractivity contribution in [2.75, 3.05) is 18.0 Å². The van der Waals surface area contributed by atoms with Crippen LogP contribution in [0.3, 0.4) is 0 Å². The van der Waals surface area contributed by atoms with Crippen molar-refractivity contribution in [1.82, 2.24) is 14.5 Å². The second-order valence-corrected chi connectivity index (χ2v) is 13.3. The summed E-state index contributed by atoms with van der Waals surface area (Å²) >= 11 is 6.82. The fourth-order valence-corrected chi connectivity index (χ4v) is 7.46. The zero-order valence-corrected chi connectivity index (χ0v) is 27.3. The van der Waals surface area contributed by atoms with E-state index in [0.717, 1.165) is 11.6 Å². The van der Waals surface area contributed by atoms with Gasteiger partial charge in [-0.05, 0) is 67.5 Å². The van der Waals surface area contributed by atoms with Gasteiger partial charge in [-0.2, -0.15) is 0 Å². The number of phenolic OH excluding ortho intramolecular Hbond substituents is 1. The second-order valence-electron chi connectivity index (χ2n) is 12.9. The third-order valence-electron chi connectivity index (χ3n) is 9.35. The molecular formula is C36H37ClF2N4O3. The number of carbonyl (C=O) groups excluding carboxylic acids is 1. The lowest BCUT2D eigenvalue weighted by Gasteiger charge is -2.49. The lowest BCUT2D eigenvalue weighted by molar-refractivity contribution is -0.129. The quantitative estimate of drug-likeness (QED) is 0.228. The van der Waals surface area contributed by atoms with Gasteiger partial charge in [0.2, 0.25) is 5.91 Å². The van der Waals surface area contributed by atoms with Gasteiger partial charge < -0.3 is 14.9 Å². The number of rotatable bonds is 5. The molecule has 2 aliphatic rings. The molecule has 1 N–H and O–H groups in total. The molecule has 2 aromatic heterocycles. The molecule has 4 heterocycles. The molecule has 6 rings (SSSR count). The Hall–Kier alpha value is -4.24. The molecule has 0 saturated carbocycles. The Kier molecular flexibility index (Phi) is 8.17. The van der Waals surface area contributed by atoms with Crippen LogP contribution >= 0.6 is 11.6 Å². The molecule has 2 atom stereocenters. The summed E-state index contributed by atoms with van der Waals surface area (Å²) in [5.41, 5.74) is 1.84. The van der Waals surface area contributed by atoms with Crippen LogP contribution in [0.5, 0.6) is 5.75 Å². The minimum absolute atomic E-state index is 0.0420. The first-order chi connectivity index (χ1) is 21.9. The molecule has 4 aromatic rings. The molecule has 10 heteroatoms. The Morgan fingerprint density at radius 2 is 1.85 bits per heavy atom. The Morgan fingerprint density at radius 1 is 1.11 bits per heavy atom. The van der Waals surface area contributed by atoms with Crippen molar-refractivity contribution in [3.05, 3.63) is 93.0 Å². The van der Waals surface area contributed by atoms with E-state index in [9.17, 15) is 14.7 Å². The fourth-order valence-electron chi connectivity index (χ4n) is 7.18. The summed E-state index contributed by atoms with van der Waals surface area (Å²) in [6.45, 7) is 14.3. The van der Waals surface area contributed by atoms with Crippen molar-refractivity contribution < 1.29 is 18.7 Å². The van der Waals surface area contributed by atoms with E-state index in [1.165, 1.54) is 22.8 Å². The monoisotopic (exact) mass is 646 g/mol. The van der Waals surface area contributed by atoms with Crippen LogP contribution in [-0.4, -0.2) is 50.6 Å². The highest BCUT2D eigenvalue weighted by Gasteiger charge is 2.40. The summed E-state index contributed by atoms with van der Waals surface area (Å²) in [6.07, 6.45) is 4.02. The average Bonchev–Trinajstić information content (AvgIpc) is 3.01. The van der Waals surface area contributed by atoms with Crippen molar-refractivity contribution >= 4 is 34.1 Å². The third kappa shape index (κ3) is 4.87. The van der Waals surface area contributed by atoms with Crippen molar-refractivity contribution in [2.45, 2.75) is 71.4 Å². The number of hydrogen-bond acceptors (Lipinski definition) is 5. The number of carbonyl (C=O) groups is 1. The van der Waals surface area contributed by atoms with Crippen LogP contribution in [0.4, 0.5) is 14.5 Å². The topological polar surface area (TPSA) is 78.7 Å². The highest BCUT2D eigenvalue weighted by atomic mass is 35.5. The SMILES string of the molecule is C=CC(=O)N1CC2CCc3c(c4cc(Cl)c(-c5c(O)cccc5F)c(F)c4n(-c4c(C(C)C)ccnc4C(C)C)c3=O)N2CC1C. The molecule has 0 radical (unpaired) electrons. The first-order valence-electron chi connectivity index (χ1n) is 15.6. The van der Waals surface area contributed by atoms with E-state index in [1.807, 2.05) is 40.7 Å². The summed E-state index contributed by atoms with van der Waals surface area (Å²) in [4.78, 5) is 36.1. The number of phenols is 1. The number of hydrogen-bond donors (Lipinski definition) is 1. The van der Waals surface area contributed by atoms with Gasteiger partial charge in [0.15, 0.2) is 5.82 Å². The van der Waals surface area contributed by atoms with Crippen molar-refractivity contribution in [3.8, 4) is 22.6 Å². The molecule has 46 heavy (non-hydrogen) atoms. The van der Waals surface area contributed by atoms with Crippen molar-refractivity contribution in [3.63, 3.8) is 0 Å². The molecule has 0 aliphatic carbocycles. The summed E-state index contributed by atoms with van der Waals surface area (Å²) < 4.78 is 34.1. The van der Waals surface area contributed by atoms with Crippen LogP contribution in [0.25, 0.3) is 27.7 Å². The summed E-state index contributed by atoms with van der Waals surface area (Å²) in [5, 5.41) is 11.0.